The van der Waals surface area contributed by atoms with Crippen molar-refractivity contribution in [2.24, 2.45) is 18.4 Å². The molecule has 0 unspecified atom stereocenters. The second kappa shape index (κ2) is 9.35. The van der Waals surface area contributed by atoms with Crippen molar-refractivity contribution in [2.45, 2.75) is 26.2 Å². The molecule has 9 heteroatoms. The number of methoxy groups -OCH3 is 1. The van der Waals surface area contributed by atoms with E-state index in [0.717, 1.165) is 26.1 Å². The van der Waals surface area contributed by atoms with Gasteiger partial charge in [-0.1, -0.05) is 36.4 Å². The number of anilines is 1. The van der Waals surface area contributed by atoms with Crippen LogP contribution in [0.3, 0.4) is 0 Å². The summed E-state index contributed by atoms with van der Waals surface area (Å²) in [6.45, 7) is 7.87. The highest BCUT2D eigenvalue weighted by atomic mass is 35.5. The monoisotopic (exact) mass is 573 g/mol. The van der Waals surface area contributed by atoms with Crippen LogP contribution in [0.15, 0.2) is 66.8 Å². The molecule has 1 N–H and O–H groups in total. The molecule has 1 saturated heterocycles. The van der Waals surface area contributed by atoms with E-state index in [9.17, 15) is 14.7 Å². The summed E-state index contributed by atoms with van der Waals surface area (Å²) >= 11 is 7.84. The number of hydrogen-bond donors (Lipinski definition) is 1. The Hall–Kier alpha value is -3.88. The lowest BCUT2D eigenvalue weighted by molar-refractivity contribution is -0.127. The van der Waals surface area contributed by atoms with Crippen molar-refractivity contribution in [2.75, 3.05) is 12.0 Å². The van der Waals surface area contributed by atoms with Crippen LogP contribution in [-0.4, -0.2) is 33.8 Å². The average Bonchev–Trinajstić information content (AvgIpc) is 3.53. The van der Waals surface area contributed by atoms with Crippen molar-refractivity contribution in [3.8, 4) is 22.1 Å². The van der Waals surface area contributed by atoms with Crippen LogP contribution < -0.4 is 9.64 Å². The van der Waals surface area contributed by atoms with Crippen molar-refractivity contribution in [3.63, 3.8) is 0 Å². The molecule has 1 aliphatic heterocycles. The molecule has 2 amide bonds. The number of hydrogen-bond acceptors (Lipinski definition) is 6. The largest absolute Gasteiger partial charge is 0.508 e. The maximum atomic E-state index is 14.4. The number of halogens is 1. The van der Waals surface area contributed by atoms with Crippen molar-refractivity contribution < 1.29 is 19.4 Å². The van der Waals surface area contributed by atoms with Crippen LogP contribution in [-0.2, 0) is 16.6 Å². The number of nitrogens with zero attached hydrogens (tertiary/aromatic N) is 3. The van der Waals surface area contributed by atoms with Gasteiger partial charge in [-0.3, -0.25) is 14.3 Å². The highest BCUT2D eigenvalue weighted by Gasteiger charge is 2.63. The fourth-order valence-electron chi connectivity index (χ4n) is 6.36. The lowest BCUT2D eigenvalue weighted by Crippen LogP contribution is -2.42. The Bertz CT molecular complexity index is 1770. The van der Waals surface area contributed by atoms with E-state index in [1.165, 1.54) is 18.1 Å². The first-order valence-electron chi connectivity index (χ1n) is 12.9. The zero-order valence-electron chi connectivity index (χ0n) is 22.6. The minimum Gasteiger partial charge on any atom is -0.508 e. The Morgan fingerprint density at radius 3 is 2.73 bits per heavy atom. The molecule has 2 aromatic carbocycles. The van der Waals surface area contributed by atoms with Gasteiger partial charge in [0, 0.05) is 40.4 Å². The van der Waals surface area contributed by atoms with Crippen LogP contribution in [0, 0.1) is 18.3 Å². The minimum absolute atomic E-state index is 0.0545. The van der Waals surface area contributed by atoms with Crippen molar-refractivity contribution >= 4 is 50.7 Å². The van der Waals surface area contributed by atoms with E-state index >= 15 is 0 Å². The van der Waals surface area contributed by atoms with E-state index in [2.05, 4.69) is 6.58 Å². The van der Waals surface area contributed by atoms with Crippen LogP contribution in [0.5, 0.6) is 11.5 Å². The Morgan fingerprint density at radius 2 is 2.00 bits per heavy atom. The maximum Gasteiger partial charge on any atom is 0.242 e. The smallest absolute Gasteiger partial charge is 0.242 e. The molecular weight excluding hydrogens is 546 g/mol. The van der Waals surface area contributed by atoms with Gasteiger partial charge in [0.25, 0.3) is 0 Å². The third kappa shape index (κ3) is 3.66. The van der Waals surface area contributed by atoms with Gasteiger partial charge in [-0.05, 0) is 61.1 Å². The van der Waals surface area contributed by atoms with Crippen molar-refractivity contribution in [1.82, 2.24) is 9.78 Å². The molecule has 2 aromatic heterocycles. The Labute approximate surface area is 240 Å². The second-order valence-electron chi connectivity index (χ2n) is 10.5. The molecule has 6 rings (SSSR count). The summed E-state index contributed by atoms with van der Waals surface area (Å²) in [7, 11) is 3.27. The number of carbonyl (C=O) groups excluding carboxylic acids is 2. The molecule has 0 saturated carbocycles. The first kappa shape index (κ1) is 26.3. The number of aromatic hydroxyl groups is 1. The summed E-state index contributed by atoms with van der Waals surface area (Å²) in [4.78, 5) is 30.7. The predicted molar refractivity (Wildman–Crippen MR) is 158 cm³/mol. The average molecular weight is 574 g/mol. The number of phenols is 1. The summed E-state index contributed by atoms with van der Waals surface area (Å²) < 4.78 is 8.29. The Balaban J connectivity index is 1.46. The molecule has 0 radical (unpaired) electrons. The van der Waals surface area contributed by atoms with Crippen LogP contribution in [0.4, 0.5) is 5.82 Å². The SMILES string of the molecule is C=CC1=CC[C@H]2C(=O)N(c3cc(-c4sc5ccc(Cl)cc5c4C)nn3C)C(=O)[C@@]2(C)[C@H]1c1ccc(O)cc1OC. The molecule has 4 aromatic rings. The van der Waals surface area contributed by atoms with E-state index in [0.29, 0.717) is 34.3 Å². The number of amides is 2. The van der Waals surface area contributed by atoms with E-state index in [1.807, 2.05) is 44.2 Å². The van der Waals surface area contributed by atoms with Crippen LogP contribution in [0.1, 0.15) is 30.4 Å². The molecule has 1 fully saturated rings. The summed E-state index contributed by atoms with van der Waals surface area (Å²) in [5.74, 6) is -0.720. The number of phenolic OH excluding ortho intramolecular Hbond substituents is 1. The van der Waals surface area contributed by atoms with Gasteiger partial charge in [0.05, 0.1) is 23.3 Å². The molecule has 3 heterocycles. The van der Waals surface area contributed by atoms with Gasteiger partial charge < -0.3 is 9.84 Å². The number of aromatic nitrogens is 2. The van der Waals surface area contributed by atoms with Gasteiger partial charge in [0.1, 0.15) is 23.0 Å². The number of ether oxygens (including phenoxy) is 1. The number of thiophene rings is 1. The van der Waals surface area contributed by atoms with Crippen molar-refractivity contribution in [3.05, 3.63) is 82.9 Å². The lowest BCUT2D eigenvalue weighted by Gasteiger charge is -2.40. The van der Waals surface area contributed by atoms with E-state index in [1.54, 1.807) is 41.3 Å². The fraction of sp³-hybridized carbons (Fsp3) is 0.258. The third-order valence-electron chi connectivity index (χ3n) is 8.41. The number of allylic oxidation sites excluding steroid dienone is 3. The highest BCUT2D eigenvalue weighted by Crippen LogP contribution is 2.58. The molecule has 2 aliphatic rings. The molecule has 0 bridgehead atoms. The topological polar surface area (TPSA) is 84.7 Å². The van der Waals surface area contributed by atoms with Gasteiger partial charge in [-0.15, -0.1) is 11.3 Å². The second-order valence-corrected chi connectivity index (χ2v) is 12.0. The number of benzene rings is 2. The standard InChI is InChI=1S/C31H28ClN3O4S/c1-6-17-7-11-22-29(37)35(30(38)31(22,3)27(17)20-10-9-19(36)14-24(20)39-5)26-15-23(33-34(26)4)28-16(2)21-13-18(32)8-12-25(21)40-28/h6-10,12-15,22,27,36H,1,11H2,2-5H3/t22-,27+,31+/m0/s1. The predicted octanol–water partition coefficient (Wildman–Crippen LogP) is 6.77. The molecule has 40 heavy (non-hydrogen) atoms. The van der Waals surface area contributed by atoms with Gasteiger partial charge in [-0.25, -0.2) is 4.90 Å². The normalized spacial score (nSPS) is 22.5. The van der Waals surface area contributed by atoms with Gasteiger partial charge in [0.2, 0.25) is 11.8 Å². The van der Waals surface area contributed by atoms with Crippen LogP contribution >= 0.6 is 22.9 Å². The zero-order valence-corrected chi connectivity index (χ0v) is 24.1. The molecule has 7 nitrogen and oxygen atoms in total. The van der Waals surface area contributed by atoms with Gasteiger partial charge >= 0.3 is 0 Å². The number of imide groups is 1. The molecule has 3 atom stereocenters. The van der Waals surface area contributed by atoms with E-state index in [4.69, 9.17) is 21.4 Å². The van der Waals surface area contributed by atoms with Crippen LogP contribution in [0.2, 0.25) is 5.02 Å². The van der Waals surface area contributed by atoms with Crippen LogP contribution in [0.25, 0.3) is 20.7 Å². The van der Waals surface area contributed by atoms with E-state index in [-0.39, 0.29) is 17.6 Å². The quantitative estimate of drug-likeness (QED) is 0.266. The van der Waals surface area contributed by atoms with Gasteiger partial charge in [0.15, 0.2) is 0 Å². The Kier molecular flexibility index (Phi) is 6.16. The molecule has 204 valence electrons. The highest BCUT2D eigenvalue weighted by molar-refractivity contribution is 7.22. The Morgan fingerprint density at radius 1 is 1.23 bits per heavy atom. The summed E-state index contributed by atoms with van der Waals surface area (Å²) in [5.41, 5.74) is 2.19. The third-order valence-corrected chi connectivity index (χ3v) is 9.94. The summed E-state index contributed by atoms with van der Waals surface area (Å²) in [6, 6.07) is 12.5. The lowest BCUT2D eigenvalue weighted by atomic mass is 9.60. The van der Waals surface area contributed by atoms with Crippen molar-refractivity contribution in [1.29, 1.82) is 0 Å². The number of carbonyl (C=O) groups is 2. The maximum absolute atomic E-state index is 14.4. The number of fused-ring (bicyclic) bond motifs is 2. The van der Waals surface area contributed by atoms with Gasteiger partial charge in [-0.2, -0.15) is 5.10 Å². The summed E-state index contributed by atoms with van der Waals surface area (Å²) in [6.07, 6.45) is 4.12. The minimum atomic E-state index is -1.10. The zero-order chi connectivity index (χ0) is 28.5. The van der Waals surface area contributed by atoms with E-state index < -0.39 is 17.3 Å². The number of aryl methyl sites for hydroxylation is 2. The number of rotatable bonds is 5. The first-order valence-corrected chi connectivity index (χ1v) is 14.1. The molecular formula is C31H28ClN3O4S. The molecule has 0 spiro atoms. The summed E-state index contributed by atoms with van der Waals surface area (Å²) in [5, 5.41) is 16.5. The fourth-order valence-corrected chi connectivity index (χ4v) is 7.68. The molecule has 1 aliphatic carbocycles. The first-order chi connectivity index (χ1) is 19.1.